The molecule has 3 aromatic carbocycles. The predicted octanol–water partition coefficient (Wildman–Crippen LogP) is 5.99. The first kappa shape index (κ1) is 26.5. The van der Waals surface area contributed by atoms with E-state index in [2.05, 4.69) is 27.2 Å². The van der Waals surface area contributed by atoms with E-state index in [0.29, 0.717) is 24.7 Å². The molecule has 0 saturated carbocycles. The smallest absolute Gasteiger partial charge is 0.252 e. The first-order valence-electron chi connectivity index (χ1n) is 14.7. The van der Waals surface area contributed by atoms with Gasteiger partial charge in [-0.15, -0.1) is 0 Å². The van der Waals surface area contributed by atoms with Crippen molar-refractivity contribution in [2.24, 2.45) is 0 Å². The summed E-state index contributed by atoms with van der Waals surface area (Å²) < 4.78 is 0. The Labute approximate surface area is 236 Å². The number of nitrogens with one attached hydrogen (secondary N) is 1. The first-order valence-corrected chi connectivity index (χ1v) is 14.7. The van der Waals surface area contributed by atoms with E-state index in [4.69, 9.17) is 4.98 Å². The lowest BCUT2D eigenvalue weighted by Gasteiger charge is -2.40. The molecule has 206 valence electrons. The number of aromatic hydroxyl groups is 1. The average molecular weight is 535 g/mol. The molecule has 1 amide bonds. The van der Waals surface area contributed by atoms with Gasteiger partial charge < -0.3 is 15.3 Å². The van der Waals surface area contributed by atoms with Gasteiger partial charge in [-0.2, -0.15) is 0 Å². The molecule has 4 aromatic rings. The average Bonchev–Trinajstić information content (AvgIpc) is 3.01. The molecule has 0 radical (unpaired) electrons. The van der Waals surface area contributed by atoms with E-state index in [9.17, 15) is 9.90 Å². The van der Waals surface area contributed by atoms with Crippen LogP contribution in [0.3, 0.4) is 0 Å². The molecule has 0 aliphatic carbocycles. The number of carbonyl (C=O) groups is 1. The van der Waals surface area contributed by atoms with Crippen molar-refractivity contribution >= 4 is 16.8 Å². The van der Waals surface area contributed by atoms with E-state index in [1.54, 1.807) is 18.2 Å². The summed E-state index contributed by atoms with van der Waals surface area (Å²) in [5, 5.41) is 13.9. The molecule has 2 aliphatic heterocycles. The Morgan fingerprint density at radius 2 is 1.62 bits per heavy atom. The summed E-state index contributed by atoms with van der Waals surface area (Å²) in [6.07, 6.45) is 6.35. The maximum atomic E-state index is 14.0. The molecule has 1 aromatic heterocycles. The minimum atomic E-state index is -0.114. The Balaban J connectivity index is 1.34. The number of hydrogen-bond donors (Lipinski definition) is 2. The van der Waals surface area contributed by atoms with Crippen LogP contribution in [-0.4, -0.2) is 58.0 Å². The summed E-state index contributed by atoms with van der Waals surface area (Å²) in [5.41, 5.74) is 5.25. The van der Waals surface area contributed by atoms with Gasteiger partial charge in [0.25, 0.3) is 5.91 Å². The molecule has 0 atom stereocenters. The third kappa shape index (κ3) is 5.88. The molecule has 6 heteroatoms. The molecule has 3 heterocycles. The fourth-order valence-electron chi connectivity index (χ4n) is 6.39. The largest absolute Gasteiger partial charge is 0.508 e. The van der Waals surface area contributed by atoms with Crippen LogP contribution < -0.4 is 5.32 Å². The van der Waals surface area contributed by atoms with Crippen LogP contribution in [-0.2, 0) is 13.1 Å². The molecule has 2 fully saturated rings. The molecule has 2 aliphatic rings. The molecule has 6 rings (SSSR count). The van der Waals surface area contributed by atoms with Crippen LogP contribution in [0.25, 0.3) is 22.2 Å². The van der Waals surface area contributed by atoms with Crippen molar-refractivity contribution in [1.29, 1.82) is 0 Å². The number of piperidine rings is 2. The van der Waals surface area contributed by atoms with Crippen molar-refractivity contribution in [2.75, 3.05) is 26.2 Å². The molecular weight excluding hydrogens is 496 g/mol. The number of carbonyl (C=O) groups excluding carboxylic acids is 1. The van der Waals surface area contributed by atoms with Crippen LogP contribution in [0.1, 0.15) is 53.6 Å². The van der Waals surface area contributed by atoms with Crippen LogP contribution in [0, 0.1) is 0 Å². The van der Waals surface area contributed by atoms with E-state index in [1.165, 1.54) is 45.2 Å². The van der Waals surface area contributed by atoms with Crippen LogP contribution in [0.4, 0.5) is 0 Å². The van der Waals surface area contributed by atoms with E-state index >= 15 is 0 Å². The van der Waals surface area contributed by atoms with Crippen LogP contribution in [0.5, 0.6) is 5.75 Å². The van der Waals surface area contributed by atoms with Gasteiger partial charge in [-0.3, -0.25) is 9.69 Å². The molecule has 40 heavy (non-hydrogen) atoms. The van der Waals surface area contributed by atoms with Crippen molar-refractivity contribution in [3.05, 3.63) is 95.6 Å². The molecule has 0 bridgehead atoms. The number of amides is 1. The number of benzene rings is 3. The number of pyridine rings is 1. The second-order valence-electron chi connectivity index (χ2n) is 11.2. The fourth-order valence-corrected chi connectivity index (χ4v) is 6.39. The summed E-state index contributed by atoms with van der Waals surface area (Å²) in [6, 6.07) is 25.9. The standard InChI is InChI=1S/C34H38N4O2/c39-28-13-9-10-25(22-28)23-35-34(40)32-29-14-5-6-15-31(29)36-33(26-11-3-1-4-12-26)30(32)24-37-20-16-27(17-21-37)38-18-7-2-8-19-38/h1,3-6,9-15,22,27,39H,2,7-8,16-21,23-24H2,(H,35,40). The van der Waals surface area contributed by atoms with Gasteiger partial charge in [0.2, 0.25) is 0 Å². The minimum Gasteiger partial charge on any atom is -0.508 e. The Morgan fingerprint density at radius 1 is 0.875 bits per heavy atom. The second-order valence-corrected chi connectivity index (χ2v) is 11.2. The quantitative estimate of drug-likeness (QED) is 0.305. The normalized spacial score (nSPS) is 17.2. The van der Waals surface area contributed by atoms with Gasteiger partial charge in [-0.25, -0.2) is 4.98 Å². The Kier molecular flexibility index (Phi) is 8.07. The topological polar surface area (TPSA) is 68.7 Å². The number of nitrogens with zero attached hydrogens (tertiary/aromatic N) is 3. The van der Waals surface area contributed by atoms with Gasteiger partial charge in [0.05, 0.1) is 16.8 Å². The lowest BCUT2D eigenvalue weighted by molar-refractivity contribution is 0.0885. The number of aromatic nitrogens is 1. The van der Waals surface area contributed by atoms with Gasteiger partial charge >= 0.3 is 0 Å². The number of phenolic OH excluding ortho intramolecular Hbond substituents is 1. The van der Waals surface area contributed by atoms with E-state index in [0.717, 1.165) is 46.4 Å². The fraction of sp³-hybridized carbons (Fsp3) is 0.353. The maximum Gasteiger partial charge on any atom is 0.252 e. The number of hydrogen-bond acceptors (Lipinski definition) is 5. The predicted molar refractivity (Wildman–Crippen MR) is 160 cm³/mol. The van der Waals surface area contributed by atoms with E-state index in [1.807, 2.05) is 48.5 Å². The minimum absolute atomic E-state index is 0.114. The molecule has 6 nitrogen and oxygen atoms in total. The number of para-hydroxylation sites is 1. The zero-order valence-electron chi connectivity index (χ0n) is 23.1. The van der Waals surface area contributed by atoms with Gasteiger partial charge in [-0.05, 0) is 75.6 Å². The van der Waals surface area contributed by atoms with Crippen molar-refractivity contribution in [3.63, 3.8) is 0 Å². The summed E-state index contributed by atoms with van der Waals surface area (Å²) >= 11 is 0. The van der Waals surface area contributed by atoms with E-state index in [-0.39, 0.29) is 11.7 Å². The zero-order valence-corrected chi connectivity index (χ0v) is 23.1. The van der Waals surface area contributed by atoms with Gasteiger partial charge in [-0.1, -0.05) is 67.1 Å². The maximum absolute atomic E-state index is 14.0. The third-order valence-corrected chi connectivity index (χ3v) is 8.48. The van der Waals surface area contributed by atoms with Crippen molar-refractivity contribution < 1.29 is 9.90 Å². The highest BCUT2D eigenvalue weighted by molar-refractivity contribution is 6.09. The highest BCUT2D eigenvalue weighted by Crippen LogP contribution is 2.32. The van der Waals surface area contributed by atoms with E-state index < -0.39 is 0 Å². The monoisotopic (exact) mass is 534 g/mol. The lowest BCUT2D eigenvalue weighted by atomic mass is 9.94. The SMILES string of the molecule is O=C(NCc1cccc(O)c1)c1c(CN2CCC(N3CCCCC3)CC2)c(-c2ccccc2)nc2ccccc12. The zero-order chi connectivity index (χ0) is 27.3. The summed E-state index contributed by atoms with van der Waals surface area (Å²) in [4.78, 5) is 24.3. The Bertz CT molecular complexity index is 1460. The second kappa shape index (κ2) is 12.2. The first-order chi connectivity index (χ1) is 19.7. The van der Waals surface area contributed by atoms with Crippen LogP contribution in [0.15, 0.2) is 78.9 Å². The van der Waals surface area contributed by atoms with Crippen molar-refractivity contribution in [3.8, 4) is 17.0 Å². The number of fused-ring (bicyclic) bond motifs is 1. The van der Waals surface area contributed by atoms with Crippen molar-refractivity contribution in [1.82, 2.24) is 20.1 Å². The molecule has 2 saturated heterocycles. The summed E-state index contributed by atoms with van der Waals surface area (Å²) in [5.74, 6) is 0.0819. The number of phenols is 1. The molecule has 2 N–H and O–H groups in total. The van der Waals surface area contributed by atoms with Crippen LogP contribution >= 0.6 is 0 Å². The van der Waals surface area contributed by atoms with Gasteiger partial charge in [0, 0.05) is 35.6 Å². The third-order valence-electron chi connectivity index (χ3n) is 8.48. The highest BCUT2D eigenvalue weighted by Gasteiger charge is 2.28. The summed E-state index contributed by atoms with van der Waals surface area (Å²) in [6.45, 7) is 5.54. The molecule has 0 spiro atoms. The molecule has 0 unspecified atom stereocenters. The summed E-state index contributed by atoms with van der Waals surface area (Å²) in [7, 11) is 0. The Morgan fingerprint density at radius 3 is 2.40 bits per heavy atom. The number of rotatable bonds is 7. The molecular formula is C34H38N4O2. The van der Waals surface area contributed by atoms with Crippen molar-refractivity contribution in [2.45, 2.75) is 51.2 Å². The highest BCUT2D eigenvalue weighted by atomic mass is 16.3. The lowest BCUT2D eigenvalue weighted by Crippen LogP contribution is -2.46. The van der Waals surface area contributed by atoms with Crippen LogP contribution in [0.2, 0.25) is 0 Å². The van der Waals surface area contributed by atoms with Gasteiger partial charge in [0.1, 0.15) is 5.75 Å². The van der Waals surface area contributed by atoms with Gasteiger partial charge in [0.15, 0.2) is 0 Å². The Hall–Kier alpha value is -3.74. The number of likely N-dealkylation sites (tertiary alicyclic amines) is 2.